The van der Waals surface area contributed by atoms with Crippen LogP contribution in [-0.4, -0.2) is 29.1 Å². The third kappa shape index (κ3) is 3.74. The number of halogens is 1. The molecule has 1 amide bonds. The molecule has 29 heavy (non-hydrogen) atoms. The number of carbonyl (C=O) groups is 1. The second-order valence-electron chi connectivity index (χ2n) is 7.97. The molecule has 1 saturated carbocycles. The molecule has 2 N–H and O–H groups in total. The van der Waals surface area contributed by atoms with E-state index in [0.29, 0.717) is 23.7 Å². The number of amides is 1. The van der Waals surface area contributed by atoms with Crippen molar-refractivity contribution in [2.75, 3.05) is 13.1 Å². The van der Waals surface area contributed by atoms with Gasteiger partial charge in [0, 0.05) is 30.6 Å². The largest absolute Gasteiger partial charge is 0.348 e. The predicted octanol–water partition coefficient (Wildman–Crippen LogP) is 3.64. The van der Waals surface area contributed by atoms with Crippen molar-refractivity contribution < 1.29 is 13.7 Å². The predicted molar refractivity (Wildman–Crippen MR) is 106 cm³/mol. The fraction of sp³-hybridized carbons (Fsp3) is 0.409. The normalized spacial score (nSPS) is 19.4. The van der Waals surface area contributed by atoms with Crippen LogP contribution in [0, 0.1) is 5.82 Å². The first-order chi connectivity index (χ1) is 14.2. The lowest BCUT2D eigenvalue weighted by molar-refractivity contribution is 0.0952. The van der Waals surface area contributed by atoms with E-state index in [1.165, 1.54) is 12.1 Å². The summed E-state index contributed by atoms with van der Waals surface area (Å²) in [4.78, 5) is 17.8. The van der Waals surface area contributed by atoms with Gasteiger partial charge in [0.15, 0.2) is 0 Å². The van der Waals surface area contributed by atoms with Gasteiger partial charge in [-0.05, 0) is 56.0 Å². The minimum Gasteiger partial charge on any atom is -0.348 e. The zero-order chi connectivity index (χ0) is 19.8. The molecule has 7 heteroatoms. The van der Waals surface area contributed by atoms with Gasteiger partial charge in [0.25, 0.3) is 11.6 Å². The summed E-state index contributed by atoms with van der Waals surface area (Å²) in [5.41, 5.74) is 3.57. The van der Waals surface area contributed by atoms with E-state index in [1.807, 2.05) is 6.07 Å². The van der Waals surface area contributed by atoms with Crippen LogP contribution < -0.4 is 10.6 Å². The Hall–Kier alpha value is -2.80. The topological polar surface area (TPSA) is 80.1 Å². The van der Waals surface area contributed by atoms with Crippen LogP contribution in [-0.2, 0) is 6.54 Å². The summed E-state index contributed by atoms with van der Waals surface area (Å²) < 4.78 is 18.7. The van der Waals surface area contributed by atoms with E-state index in [9.17, 15) is 9.18 Å². The quantitative estimate of drug-likeness (QED) is 0.691. The number of hydrogen-bond acceptors (Lipinski definition) is 5. The Bertz CT molecular complexity index is 1040. The van der Waals surface area contributed by atoms with Crippen molar-refractivity contribution in [3.8, 4) is 0 Å². The second-order valence-corrected chi connectivity index (χ2v) is 7.97. The maximum absolute atomic E-state index is 13.1. The number of rotatable bonds is 5. The number of piperidine rings is 1. The van der Waals surface area contributed by atoms with Crippen molar-refractivity contribution in [3.05, 3.63) is 58.7 Å². The van der Waals surface area contributed by atoms with Gasteiger partial charge in [0.2, 0.25) is 0 Å². The van der Waals surface area contributed by atoms with Crippen LogP contribution in [0.25, 0.3) is 11.1 Å². The lowest BCUT2D eigenvalue weighted by Gasteiger charge is -2.21. The number of hydrogen-bond donors (Lipinski definition) is 2. The average Bonchev–Trinajstić information content (AvgIpc) is 3.52. The van der Waals surface area contributed by atoms with E-state index in [0.717, 1.165) is 61.1 Å². The van der Waals surface area contributed by atoms with Crippen molar-refractivity contribution in [2.24, 2.45) is 0 Å². The Morgan fingerprint density at radius 2 is 2.03 bits per heavy atom. The summed E-state index contributed by atoms with van der Waals surface area (Å²) in [5, 5.41) is 11.4. The molecule has 0 radical (unpaired) electrons. The molecule has 2 aliphatic rings. The SMILES string of the molecule is O=C(NCc1ccc(F)cc1)c1cc(C2CC2)nc2onc(C3CCCNC3)c12. The number of nitrogens with zero attached hydrogens (tertiary/aromatic N) is 2. The molecule has 0 spiro atoms. The zero-order valence-electron chi connectivity index (χ0n) is 16.1. The number of nitrogens with one attached hydrogen (secondary N) is 2. The summed E-state index contributed by atoms with van der Waals surface area (Å²) in [6, 6.07) is 8.03. The minimum atomic E-state index is -0.291. The second kappa shape index (κ2) is 7.55. The first-order valence-corrected chi connectivity index (χ1v) is 10.2. The molecule has 1 aliphatic carbocycles. The third-order valence-corrected chi connectivity index (χ3v) is 5.78. The fourth-order valence-corrected chi connectivity index (χ4v) is 4.00. The van der Waals surface area contributed by atoms with E-state index in [1.54, 1.807) is 12.1 Å². The zero-order valence-corrected chi connectivity index (χ0v) is 16.1. The van der Waals surface area contributed by atoms with Gasteiger partial charge >= 0.3 is 0 Å². The first-order valence-electron chi connectivity index (χ1n) is 10.2. The molecule has 1 aliphatic heterocycles. The summed E-state index contributed by atoms with van der Waals surface area (Å²) in [6.45, 7) is 2.15. The average molecular weight is 394 g/mol. The van der Waals surface area contributed by atoms with Gasteiger partial charge in [-0.3, -0.25) is 4.79 Å². The van der Waals surface area contributed by atoms with Crippen LogP contribution in [0.15, 0.2) is 34.9 Å². The van der Waals surface area contributed by atoms with Crippen LogP contribution in [0.4, 0.5) is 4.39 Å². The number of carbonyl (C=O) groups excluding carboxylic acids is 1. The molecule has 5 rings (SSSR count). The highest BCUT2D eigenvalue weighted by atomic mass is 19.1. The Balaban J connectivity index is 1.48. The number of benzene rings is 1. The summed E-state index contributed by atoms with van der Waals surface area (Å²) in [5.74, 6) is 0.132. The summed E-state index contributed by atoms with van der Waals surface area (Å²) in [6.07, 6.45) is 4.25. The lowest BCUT2D eigenvalue weighted by atomic mass is 9.92. The van der Waals surface area contributed by atoms with Gasteiger partial charge < -0.3 is 15.2 Å². The van der Waals surface area contributed by atoms with Gasteiger partial charge in [0.1, 0.15) is 5.82 Å². The van der Waals surface area contributed by atoms with Gasteiger partial charge in [-0.1, -0.05) is 17.3 Å². The van der Waals surface area contributed by atoms with Gasteiger partial charge in [0.05, 0.1) is 16.6 Å². The molecule has 6 nitrogen and oxygen atoms in total. The highest BCUT2D eigenvalue weighted by molar-refractivity contribution is 6.06. The summed E-state index contributed by atoms with van der Waals surface area (Å²) >= 11 is 0. The third-order valence-electron chi connectivity index (χ3n) is 5.78. The van der Waals surface area contributed by atoms with Crippen LogP contribution in [0.2, 0.25) is 0 Å². The van der Waals surface area contributed by atoms with Crippen LogP contribution in [0.3, 0.4) is 0 Å². The van der Waals surface area contributed by atoms with Gasteiger partial charge in [-0.15, -0.1) is 0 Å². The maximum Gasteiger partial charge on any atom is 0.259 e. The molecule has 1 atom stereocenters. The van der Waals surface area contributed by atoms with Crippen LogP contribution >= 0.6 is 0 Å². The van der Waals surface area contributed by atoms with Crippen LogP contribution in [0.1, 0.15) is 64.8 Å². The van der Waals surface area contributed by atoms with E-state index in [2.05, 4.69) is 20.8 Å². The smallest absolute Gasteiger partial charge is 0.259 e. The Morgan fingerprint density at radius 1 is 1.21 bits per heavy atom. The van der Waals surface area contributed by atoms with Gasteiger partial charge in [-0.25, -0.2) is 9.37 Å². The molecule has 2 fully saturated rings. The number of fused-ring (bicyclic) bond motifs is 1. The van der Waals surface area contributed by atoms with Crippen molar-refractivity contribution >= 4 is 17.0 Å². The molecule has 3 heterocycles. The van der Waals surface area contributed by atoms with Gasteiger partial charge in [-0.2, -0.15) is 0 Å². The molecular weight excluding hydrogens is 371 g/mol. The molecule has 150 valence electrons. The molecule has 2 aromatic heterocycles. The molecule has 1 unspecified atom stereocenters. The van der Waals surface area contributed by atoms with Crippen molar-refractivity contribution in [3.63, 3.8) is 0 Å². The Labute approximate surface area is 167 Å². The monoisotopic (exact) mass is 394 g/mol. The fourth-order valence-electron chi connectivity index (χ4n) is 4.00. The van der Waals surface area contributed by atoms with E-state index >= 15 is 0 Å². The summed E-state index contributed by atoms with van der Waals surface area (Å²) in [7, 11) is 0. The van der Waals surface area contributed by atoms with Crippen molar-refractivity contribution in [1.29, 1.82) is 0 Å². The number of aromatic nitrogens is 2. The van der Waals surface area contributed by atoms with E-state index in [4.69, 9.17) is 4.52 Å². The van der Waals surface area contributed by atoms with Crippen molar-refractivity contribution in [1.82, 2.24) is 20.8 Å². The molecule has 1 aromatic carbocycles. The highest BCUT2D eigenvalue weighted by Crippen LogP contribution is 2.41. The molecule has 0 bridgehead atoms. The Kier molecular flexibility index (Phi) is 4.75. The molecular formula is C22H23FN4O2. The first kappa shape index (κ1) is 18.2. The molecule has 3 aromatic rings. The molecule has 1 saturated heterocycles. The Morgan fingerprint density at radius 3 is 2.76 bits per heavy atom. The standard InChI is InChI=1S/C22H23FN4O2/c23-16-7-3-13(4-8-16)11-25-21(28)17-10-18(14-5-6-14)26-22-19(17)20(27-29-22)15-2-1-9-24-12-15/h3-4,7-8,10,14-15,24H,1-2,5-6,9,11-12H2,(H,25,28). The minimum absolute atomic E-state index is 0.183. The van der Waals surface area contributed by atoms with E-state index in [-0.39, 0.29) is 17.6 Å². The van der Waals surface area contributed by atoms with E-state index < -0.39 is 0 Å². The lowest BCUT2D eigenvalue weighted by Crippen LogP contribution is -2.29. The number of pyridine rings is 1. The maximum atomic E-state index is 13.1. The van der Waals surface area contributed by atoms with Crippen LogP contribution in [0.5, 0.6) is 0 Å². The van der Waals surface area contributed by atoms with Crippen molar-refractivity contribution in [2.45, 2.75) is 44.1 Å². The highest BCUT2D eigenvalue weighted by Gasteiger charge is 2.31.